The molecule has 2 rings (SSSR count). The Morgan fingerprint density at radius 3 is 2.71 bits per heavy atom. The van der Waals surface area contributed by atoms with Gasteiger partial charge in [0.15, 0.2) is 5.82 Å². The van der Waals surface area contributed by atoms with Crippen LogP contribution in [0.5, 0.6) is 0 Å². The molecular weight excluding hydrogens is 286 g/mol. The van der Waals surface area contributed by atoms with Crippen LogP contribution >= 0.6 is 11.8 Å². The fourth-order valence-electron chi connectivity index (χ4n) is 1.83. The van der Waals surface area contributed by atoms with Crippen molar-refractivity contribution >= 4 is 23.4 Å². The van der Waals surface area contributed by atoms with Crippen LogP contribution in [0.2, 0.25) is 0 Å². The van der Waals surface area contributed by atoms with E-state index in [2.05, 4.69) is 22.4 Å². The maximum atomic E-state index is 11.0. The van der Waals surface area contributed by atoms with Crippen molar-refractivity contribution in [3.8, 4) is 0 Å². The molecule has 1 unspecified atom stereocenters. The zero-order valence-corrected chi connectivity index (χ0v) is 13.2. The van der Waals surface area contributed by atoms with Crippen molar-refractivity contribution in [1.82, 2.24) is 10.1 Å². The number of nitrogens with one attached hydrogen (secondary N) is 1. The third-order valence-corrected chi connectivity index (χ3v) is 3.89. The summed E-state index contributed by atoms with van der Waals surface area (Å²) in [7, 11) is 0. The van der Waals surface area contributed by atoms with E-state index in [0.29, 0.717) is 5.89 Å². The summed E-state index contributed by atoms with van der Waals surface area (Å²) in [4.78, 5) is 16.5. The number of carbonyl (C=O) groups is 1. The highest BCUT2D eigenvalue weighted by Gasteiger charge is 2.15. The minimum absolute atomic E-state index is 0.0712. The van der Waals surface area contributed by atoms with Gasteiger partial charge in [0.1, 0.15) is 0 Å². The molecule has 0 bridgehead atoms. The molecule has 0 aliphatic heterocycles. The Morgan fingerprint density at radius 2 is 2.10 bits per heavy atom. The Hall–Kier alpha value is -1.82. The Bertz CT molecular complexity index is 595. The van der Waals surface area contributed by atoms with Gasteiger partial charge in [-0.3, -0.25) is 4.79 Å². The second kappa shape index (κ2) is 7.26. The highest BCUT2D eigenvalue weighted by Crippen LogP contribution is 2.34. The van der Waals surface area contributed by atoms with Crippen molar-refractivity contribution in [3.63, 3.8) is 0 Å². The SMILES string of the molecule is CCCc1noc(C(C)Sc2ccc(NC(C)=O)cc2)n1. The number of nitrogens with zero attached hydrogens (tertiary/aromatic N) is 2. The Morgan fingerprint density at radius 1 is 1.38 bits per heavy atom. The zero-order valence-electron chi connectivity index (χ0n) is 12.4. The van der Waals surface area contributed by atoms with Gasteiger partial charge in [0.05, 0.1) is 5.25 Å². The quantitative estimate of drug-likeness (QED) is 0.821. The predicted molar refractivity (Wildman–Crippen MR) is 83.3 cm³/mol. The molecule has 6 heteroatoms. The first-order valence-electron chi connectivity index (χ1n) is 6.95. The Balaban J connectivity index is 1.98. The molecule has 1 aromatic carbocycles. The summed E-state index contributed by atoms with van der Waals surface area (Å²) in [6.07, 6.45) is 1.84. The first-order valence-corrected chi connectivity index (χ1v) is 7.83. The third kappa shape index (κ3) is 4.60. The summed E-state index contributed by atoms with van der Waals surface area (Å²) < 4.78 is 5.29. The number of rotatable bonds is 6. The normalized spacial score (nSPS) is 12.1. The first kappa shape index (κ1) is 15.6. The first-order chi connectivity index (χ1) is 10.1. The second-order valence-corrected chi connectivity index (χ2v) is 6.18. The lowest BCUT2D eigenvalue weighted by atomic mass is 10.3. The van der Waals surface area contributed by atoms with Crippen molar-refractivity contribution in [2.45, 2.75) is 43.8 Å². The number of aromatic nitrogens is 2. The monoisotopic (exact) mass is 305 g/mol. The van der Waals surface area contributed by atoms with E-state index in [0.717, 1.165) is 29.2 Å². The molecule has 1 atom stereocenters. The maximum Gasteiger partial charge on any atom is 0.239 e. The number of aryl methyl sites for hydroxylation is 1. The lowest BCUT2D eigenvalue weighted by Gasteiger charge is -2.07. The molecule has 2 aromatic rings. The third-order valence-electron chi connectivity index (χ3n) is 2.79. The van der Waals surface area contributed by atoms with Crippen LogP contribution in [0.4, 0.5) is 5.69 Å². The zero-order chi connectivity index (χ0) is 15.2. The summed E-state index contributed by atoms with van der Waals surface area (Å²) in [5.74, 6) is 1.34. The largest absolute Gasteiger partial charge is 0.338 e. The summed E-state index contributed by atoms with van der Waals surface area (Å²) in [6, 6.07) is 7.70. The van der Waals surface area contributed by atoms with Crippen LogP contribution in [0.1, 0.15) is 44.2 Å². The fourth-order valence-corrected chi connectivity index (χ4v) is 2.73. The lowest BCUT2D eigenvalue weighted by molar-refractivity contribution is -0.114. The van der Waals surface area contributed by atoms with Crippen molar-refractivity contribution in [3.05, 3.63) is 36.0 Å². The van der Waals surface area contributed by atoms with E-state index in [1.807, 2.05) is 31.2 Å². The highest BCUT2D eigenvalue weighted by atomic mass is 32.2. The number of hydrogen-bond acceptors (Lipinski definition) is 5. The molecule has 0 saturated carbocycles. The number of carbonyl (C=O) groups excluding carboxylic acids is 1. The molecule has 112 valence electrons. The predicted octanol–water partition coefficient (Wildman–Crippen LogP) is 3.83. The average Bonchev–Trinajstić information content (AvgIpc) is 2.89. The number of thioether (sulfide) groups is 1. The van der Waals surface area contributed by atoms with Gasteiger partial charge in [-0.1, -0.05) is 12.1 Å². The summed E-state index contributed by atoms with van der Waals surface area (Å²) in [5, 5.41) is 6.81. The number of anilines is 1. The van der Waals surface area contributed by atoms with Crippen molar-refractivity contribution in [2.24, 2.45) is 0 Å². The number of hydrogen-bond donors (Lipinski definition) is 1. The molecule has 0 saturated heterocycles. The van der Waals surface area contributed by atoms with Crippen molar-refractivity contribution in [1.29, 1.82) is 0 Å². The molecule has 0 spiro atoms. The minimum Gasteiger partial charge on any atom is -0.338 e. The van der Waals surface area contributed by atoms with Gasteiger partial charge in [0.2, 0.25) is 11.8 Å². The van der Waals surface area contributed by atoms with Gasteiger partial charge in [0, 0.05) is 23.9 Å². The van der Waals surface area contributed by atoms with Crippen LogP contribution in [0.25, 0.3) is 0 Å². The van der Waals surface area contributed by atoms with E-state index >= 15 is 0 Å². The van der Waals surface area contributed by atoms with Gasteiger partial charge in [-0.05, 0) is 37.6 Å². The van der Waals surface area contributed by atoms with Gasteiger partial charge < -0.3 is 9.84 Å². The molecule has 0 fully saturated rings. The molecule has 21 heavy (non-hydrogen) atoms. The van der Waals surface area contributed by atoms with Crippen LogP contribution in [0.15, 0.2) is 33.7 Å². The van der Waals surface area contributed by atoms with Gasteiger partial charge in [-0.25, -0.2) is 0 Å². The summed E-state index contributed by atoms with van der Waals surface area (Å²) in [5.41, 5.74) is 0.794. The standard InChI is InChI=1S/C15H19N3O2S/c1-4-5-14-17-15(20-18-14)10(2)21-13-8-6-12(7-9-13)16-11(3)19/h6-10H,4-5H2,1-3H3,(H,16,19). The Labute approximate surface area is 128 Å². The van der Waals surface area contributed by atoms with E-state index < -0.39 is 0 Å². The second-order valence-electron chi connectivity index (χ2n) is 4.76. The number of amides is 1. The summed E-state index contributed by atoms with van der Waals surface area (Å²) in [6.45, 7) is 5.62. The van der Waals surface area contributed by atoms with Crippen LogP contribution in [0.3, 0.4) is 0 Å². The molecule has 0 aliphatic carbocycles. The molecule has 1 amide bonds. The van der Waals surface area contributed by atoms with E-state index in [1.54, 1.807) is 11.8 Å². The van der Waals surface area contributed by atoms with E-state index in [-0.39, 0.29) is 11.2 Å². The molecule has 5 nitrogen and oxygen atoms in total. The lowest BCUT2D eigenvalue weighted by Crippen LogP contribution is -2.05. The van der Waals surface area contributed by atoms with Crippen molar-refractivity contribution < 1.29 is 9.32 Å². The number of benzene rings is 1. The smallest absolute Gasteiger partial charge is 0.239 e. The van der Waals surface area contributed by atoms with Gasteiger partial charge >= 0.3 is 0 Å². The van der Waals surface area contributed by atoms with E-state index in [1.165, 1.54) is 6.92 Å². The molecular formula is C15H19N3O2S. The minimum atomic E-state index is -0.0712. The Kier molecular flexibility index (Phi) is 5.38. The van der Waals surface area contributed by atoms with Crippen LogP contribution in [0, 0.1) is 0 Å². The van der Waals surface area contributed by atoms with E-state index in [4.69, 9.17) is 4.52 Å². The van der Waals surface area contributed by atoms with Crippen molar-refractivity contribution in [2.75, 3.05) is 5.32 Å². The molecule has 0 aliphatic rings. The van der Waals surface area contributed by atoms with Gasteiger partial charge in [0.25, 0.3) is 0 Å². The summed E-state index contributed by atoms with van der Waals surface area (Å²) >= 11 is 1.65. The fraction of sp³-hybridized carbons (Fsp3) is 0.400. The molecule has 1 N–H and O–H groups in total. The van der Waals surface area contributed by atoms with Crippen LogP contribution < -0.4 is 5.32 Å². The van der Waals surface area contributed by atoms with Gasteiger partial charge in [-0.2, -0.15) is 4.98 Å². The highest BCUT2D eigenvalue weighted by molar-refractivity contribution is 7.99. The van der Waals surface area contributed by atoms with E-state index in [9.17, 15) is 4.79 Å². The topological polar surface area (TPSA) is 68.0 Å². The molecule has 0 radical (unpaired) electrons. The van der Waals surface area contributed by atoms with Crippen LogP contribution in [-0.4, -0.2) is 16.0 Å². The average molecular weight is 305 g/mol. The molecule has 1 aromatic heterocycles. The molecule has 1 heterocycles. The maximum absolute atomic E-state index is 11.0. The van der Waals surface area contributed by atoms with Crippen LogP contribution in [-0.2, 0) is 11.2 Å². The van der Waals surface area contributed by atoms with Gasteiger partial charge in [-0.15, -0.1) is 11.8 Å².